The van der Waals surface area contributed by atoms with E-state index in [4.69, 9.17) is 21.6 Å². The summed E-state index contributed by atoms with van der Waals surface area (Å²) in [7, 11) is 1.23. The van der Waals surface area contributed by atoms with Crippen LogP contribution in [0.4, 0.5) is 0 Å². The van der Waals surface area contributed by atoms with Crippen LogP contribution in [0.2, 0.25) is 0 Å². The number of hydrogen-bond acceptors (Lipinski definition) is 5. The lowest BCUT2D eigenvalue weighted by molar-refractivity contribution is -0.142. The Morgan fingerprint density at radius 3 is 2.87 bits per heavy atom. The highest BCUT2D eigenvalue weighted by molar-refractivity contribution is 8.08. The van der Waals surface area contributed by atoms with Gasteiger partial charge < -0.3 is 14.2 Å². The molecule has 0 aromatic rings. The van der Waals surface area contributed by atoms with Crippen LogP contribution in [0, 0.1) is 11.3 Å². The van der Waals surface area contributed by atoms with Crippen molar-refractivity contribution in [1.82, 2.24) is 5.09 Å². The van der Waals surface area contributed by atoms with Crippen molar-refractivity contribution < 1.29 is 18.9 Å². The van der Waals surface area contributed by atoms with Gasteiger partial charge >= 0.3 is 5.97 Å². The predicted octanol–water partition coefficient (Wildman–Crippen LogP) is 0.285. The molecule has 86 valence electrons. The minimum Gasteiger partial charge on any atom is -0.468 e. The fourth-order valence-electron chi connectivity index (χ4n) is 0.726. The van der Waals surface area contributed by atoms with Crippen molar-refractivity contribution in [2.24, 2.45) is 0 Å². The molecule has 0 aliphatic heterocycles. The zero-order valence-corrected chi connectivity index (χ0v) is 10.2. The van der Waals surface area contributed by atoms with Gasteiger partial charge in [-0.05, 0) is 18.7 Å². The van der Waals surface area contributed by atoms with Crippen molar-refractivity contribution in [3.8, 4) is 6.07 Å². The van der Waals surface area contributed by atoms with Crippen molar-refractivity contribution in [2.45, 2.75) is 19.4 Å². The van der Waals surface area contributed by atoms with Gasteiger partial charge in [-0.1, -0.05) is 0 Å². The molecule has 0 spiro atoms. The van der Waals surface area contributed by atoms with E-state index in [2.05, 4.69) is 9.82 Å². The molecule has 2 atom stereocenters. The lowest BCUT2D eigenvalue weighted by Crippen LogP contribution is -2.33. The first kappa shape index (κ1) is 14.5. The molecule has 0 saturated carbocycles. The van der Waals surface area contributed by atoms with E-state index in [1.807, 2.05) is 6.07 Å². The summed E-state index contributed by atoms with van der Waals surface area (Å²) in [4.78, 5) is 20.5. The summed E-state index contributed by atoms with van der Waals surface area (Å²) < 4.78 is 9.31. The van der Waals surface area contributed by atoms with Crippen LogP contribution in [-0.4, -0.2) is 30.6 Å². The molecule has 0 rings (SSSR count). The maximum atomic E-state index is 11.0. The quantitative estimate of drug-likeness (QED) is 0.398. The van der Waals surface area contributed by atoms with E-state index in [0.29, 0.717) is 0 Å². The van der Waals surface area contributed by atoms with E-state index in [1.54, 1.807) is 0 Å². The largest absolute Gasteiger partial charge is 0.468 e. The van der Waals surface area contributed by atoms with Crippen LogP contribution in [0.25, 0.3) is 0 Å². The number of esters is 1. The summed E-state index contributed by atoms with van der Waals surface area (Å²) in [5.74, 6) is -0.540. The molecule has 0 aromatic heterocycles. The number of nitriles is 1. The number of carbonyl (C=O) groups excluding carboxylic acids is 1. The Morgan fingerprint density at radius 2 is 2.40 bits per heavy atom. The fourth-order valence-corrected chi connectivity index (χ4v) is 2.43. The molecule has 0 saturated heterocycles. The Labute approximate surface area is 93.4 Å². The third kappa shape index (κ3) is 6.55. The van der Waals surface area contributed by atoms with Gasteiger partial charge in [0.05, 0.1) is 26.2 Å². The zero-order valence-electron chi connectivity index (χ0n) is 8.47. The first-order valence-electron chi connectivity index (χ1n) is 4.13. The van der Waals surface area contributed by atoms with E-state index in [-0.39, 0.29) is 13.0 Å². The molecule has 0 fully saturated rings. The molecule has 8 heteroatoms. The number of methoxy groups -OCH3 is 1. The topological polar surface area (TPSA) is 91.6 Å². The molecular formula is C7H13N2O4PS. The summed E-state index contributed by atoms with van der Waals surface area (Å²) in [6.45, 7) is -1.68. The smallest absolute Gasteiger partial charge is 0.323 e. The van der Waals surface area contributed by atoms with Crippen molar-refractivity contribution in [3.63, 3.8) is 0 Å². The fraction of sp³-hybridized carbons (Fsp3) is 0.714. The number of nitrogens with zero attached hydrogens (tertiary/aromatic N) is 1. The second kappa shape index (κ2) is 6.88. The molecule has 0 aromatic carbocycles. The third-order valence-corrected chi connectivity index (χ3v) is 3.27. The summed E-state index contributed by atoms with van der Waals surface area (Å²) in [6, 6.07) is 1.10. The molecule has 2 unspecified atom stereocenters. The van der Waals surface area contributed by atoms with E-state index in [0.717, 1.165) is 0 Å². The Bertz CT molecular complexity index is 304. The number of nitrogens with one attached hydrogen (secondary N) is 1. The molecule has 0 bridgehead atoms. The Balaban J connectivity index is 4.08. The molecule has 2 N–H and O–H groups in total. The summed E-state index contributed by atoms with van der Waals surface area (Å²) in [6.07, 6.45) is 0.132. The van der Waals surface area contributed by atoms with Gasteiger partial charge in [0.1, 0.15) is 6.04 Å². The predicted molar refractivity (Wildman–Crippen MR) is 57.3 cm³/mol. The summed E-state index contributed by atoms with van der Waals surface area (Å²) >= 11 is 4.72. The molecule has 0 amide bonds. The average molecular weight is 252 g/mol. The Morgan fingerprint density at radius 1 is 1.80 bits per heavy atom. The van der Waals surface area contributed by atoms with Crippen LogP contribution in [-0.2, 0) is 25.9 Å². The second-order valence-corrected chi connectivity index (χ2v) is 5.68. The van der Waals surface area contributed by atoms with Gasteiger partial charge in [0.25, 0.3) is 6.64 Å². The maximum Gasteiger partial charge on any atom is 0.323 e. The lowest BCUT2D eigenvalue weighted by atomic mass is 10.4. The number of rotatable bonds is 6. The monoisotopic (exact) mass is 252 g/mol. The number of carbonyl (C=O) groups is 1. The van der Waals surface area contributed by atoms with Gasteiger partial charge in [-0.2, -0.15) is 5.26 Å². The third-order valence-electron chi connectivity index (χ3n) is 1.39. The summed E-state index contributed by atoms with van der Waals surface area (Å²) in [5, 5.41) is 10.7. The van der Waals surface area contributed by atoms with Gasteiger partial charge in [-0.3, -0.25) is 4.79 Å². The van der Waals surface area contributed by atoms with E-state index < -0.39 is 18.7 Å². The minimum atomic E-state index is -3.21. The highest BCUT2D eigenvalue weighted by atomic mass is 32.5. The van der Waals surface area contributed by atoms with Crippen molar-refractivity contribution in [2.75, 3.05) is 13.7 Å². The van der Waals surface area contributed by atoms with Crippen molar-refractivity contribution >= 4 is 24.4 Å². The maximum absolute atomic E-state index is 11.0. The lowest BCUT2D eigenvalue weighted by Gasteiger charge is -2.19. The van der Waals surface area contributed by atoms with Gasteiger partial charge in [0.2, 0.25) is 0 Å². The average Bonchev–Trinajstić information content (AvgIpc) is 2.16. The van der Waals surface area contributed by atoms with Gasteiger partial charge in [0.15, 0.2) is 0 Å². The zero-order chi connectivity index (χ0) is 11.9. The second-order valence-electron chi connectivity index (χ2n) is 2.64. The van der Waals surface area contributed by atoms with E-state index in [9.17, 15) is 9.69 Å². The normalized spacial score (nSPS) is 16.1. The Kier molecular flexibility index (Phi) is 6.65. The molecule has 6 nitrogen and oxygen atoms in total. The van der Waals surface area contributed by atoms with Gasteiger partial charge in [0, 0.05) is 0 Å². The molecule has 15 heavy (non-hydrogen) atoms. The molecule has 0 aliphatic carbocycles. The SMILES string of the molecule is COC(=O)C(C)NP(O)(=S)OCCC#N. The highest BCUT2D eigenvalue weighted by Crippen LogP contribution is 2.37. The van der Waals surface area contributed by atoms with E-state index >= 15 is 0 Å². The van der Waals surface area contributed by atoms with Crippen molar-refractivity contribution in [1.29, 1.82) is 5.26 Å². The Hall–Kier alpha value is -0.510. The standard InChI is InChI=1S/C7H13N2O4PS/c1-6(7(10)12-2)9-14(11,15)13-5-3-4-8/h6H,3,5H2,1-2H3,(H2,9,11,15). The van der Waals surface area contributed by atoms with E-state index in [1.165, 1.54) is 14.0 Å². The first-order chi connectivity index (χ1) is 6.93. The first-order valence-corrected chi connectivity index (χ1v) is 6.80. The highest BCUT2D eigenvalue weighted by Gasteiger charge is 2.22. The van der Waals surface area contributed by atoms with Crippen LogP contribution < -0.4 is 5.09 Å². The summed E-state index contributed by atoms with van der Waals surface area (Å²) in [5.41, 5.74) is 0. The van der Waals surface area contributed by atoms with Crippen LogP contribution in [0.5, 0.6) is 0 Å². The van der Waals surface area contributed by atoms with Crippen LogP contribution in [0.1, 0.15) is 13.3 Å². The van der Waals surface area contributed by atoms with Crippen molar-refractivity contribution in [3.05, 3.63) is 0 Å². The van der Waals surface area contributed by atoms with Crippen LogP contribution >= 0.6 is 6.64 Å². The number of ether oxygens (including phenoxy) is 1. The van der Waals surface area contributed by atoms with Crippen LogP contribution in [0.3, 0.4) is 0 Å². The minimum absolute atomic E-state index is 0.0329. The molecule has 0 heterocycles. The van der Waals surface area contributed by atoms with Gasteiger partial charge in [-0.25, -0.2) is 5.09 Å². The molecular weight excluding hydrogens is 239 g/mol. The molecule has 0 aliphatic rings. The van der Waals surface area contributed by atoms with Gasteiger partial charge in [-0.15, -0.1) is 0 Å². The number of hydrogen-bond donors (Lipinski definition) is 2. The molecule has 0 radical (unpaired) electrons. The van der Waals surface area contributed by atoms with Crippen LogP contribution in [0.15, 0.2) is 0 Å².